The van der Waals surface area contributed by atoms with E-state index in [0.717, 1.165) is 14.8 Å². The monoisotopic (exact) mass is 621 g/mol. The SMILES string of the molecule is CCNC(=O)[C@@H](CC)N(Cc1ccc(Cl)c(Cl)c1)C(=O)CN(c1ccc(C)cc1)S(=O)(=O)c1ccc(SC)cc1. The maximum atomic E-state index is 14.0. The normalized spacial score (nSPS) is 12.1. The fourth-order valence-electron chi connectivity index (χ4n) is 4.16. The van der Waals surface area contributed by atoms with Crippen LogP contribution in [0.1, 0.15) is 31.4 Å². The summed E-state index contributed by atoms with van der Waals surface area (Å²) in [5, 5.41) is 3.46. The molecule has 3 aromatic rings. The number of aryl methyl sites for hydroxylation is 1. The first kappa shape index (κ1) is 31.8. The number of halogens is 2. The first-order valence-corrected chi connectivity index (χ1v) is 16.2. The molecule has 40 heavy (non-hydrogen) atoms. The highest BCUT2D eigenvalue weighted by atomic mass is 35.5. The Morgan fingerprint density at radius 1 is 0.950 bits per heavy atom. The van der Waals surface area contributed by atoms with Crippen molar-refractivity contribution in [1.82, 2.24) is 10.2 Å². The van der Waals surface area contributed by atoms with Gasteiger partial charge in [-0.15, -0.1) is 11.8 Å². The maximum Gasteiger partial charge on any atom is 0.264 e. The van der Waals surface area contributed by atoms with Crippen molar-refractivity contribution in [3.05, 3.63) is 87.9 Å². The number of amides is 2. The highest BCUT2D eigenvalue weighted by Crippen LogP contribution is 2.28. The number of nitrogens with zero attached hydrogens (tertiary/aromatic N) is 2. The lowest BCUT2D eigenvalue weighted by atomic mass is 10.1. The summed E-state index contributed by atoms with van der Waals surface area (Å²) in [5.41, 5.74) is 1.94. The number of nitrogens with one attached hydrogen (secondary N) is 1. The van der Waals surface area contributed by atoms with Crippen molar-refractivity contribution in [3.63, 3.8) is 0 Å². The van der Waals surface area contributed by atoms with Gasteiger partial charge in [-0.1, -0.05) is 53.9 Å². The van der Waals surface area contributed by atoms with Crippen LogP contribution in [-0.2, 0) is 26.2 Å². The molecule has 0 fully saturated rings. The van der Waals surface area contributed by atoms with Gasteiger partial charge in [-0.05, 0) is 80.6 Å². The van der Waals surface area contributed by atoms with E-state index in [2.05, 4.69) is 5.32 Å². The molecule has 3 rings (SSSR count). The zero-order chi connectivity index (χ0) is 29.4. The third-order valence-electron chi connectivity index (χ3n) is 6.32. The molecule has 0 unspecified atom stereocenters. The lowest BCUT2D eigenvalue weighted by Gasteiger charge is -2.33. The number of carbonyl (C=O) groups is 2. The maximum absolute atomic E-state index is 14.0. The Bertz CT molecular complexity index is 1430. The molecule has 0 heterocycles. The lowest BCUT2D eigenvalue weighted by molar-refractivity contribution is -0.140. The van der Waals surface area contributed by atoms with E-state index in [4.69, 9.17) is 23.2 Å². The number of sulfonamides is 1. The molecule has 0 radical (unpaired) electrons. The molecular formula is C29H33Cl2N3O4S2. The smallest absolute Gasteiger partial charge is 0.264 e. The summed E-state index contributed by atoms with van der Waals surface area (Å²) in [7, 11) is -4.13. The molecule has 7 nitrogen and oxygen atoms in total. The minimum Gasteiger partial charge on any atom is -0.355 e. The minimum atomic E-state index is -4.13. The number of rotatable bonds is 12. The van der Waals surface area contributed by atoms with Crippen molar-refractivity contribution in [3.8, 4) is 0 Å². The summed E-state index contributed by atoms with van der Waals surface area (Å²) < 4.78 is 28.9. The number of hydrogen-bond donors (Lipinski definition) is 1. The van der Waals surface area contributed by atoms with Crippen LogP contribution >= 0.6 is 35.0 Å². The zero-order valence-corrected chi connectivity index (χ0v) is 26.0. The van der Waals surface area contributed by atoms with Crippen molar-refractivity contribution in [2.45, 2.75) is 49.6 Å². The fraction of sp³-hybridized carbons (Fsp3) is 0.310. The first-order valence-electron chi connectivity index (χ1n) is 12.8. The third kappa shape index (κ3) is 7.72. The Balaban J connectivity index is 2.06. The third-order valence-corrected chi connectivity index (χ3v) is 9.59. The second kappa shape index (κ2) is 14.3. The van der Waals surface area contributed by atoms with E-state index in [1.807, 2.05) is 13.2 Å². The summed E-state index contributed by atoms with van der Waals surface area (Å²) in [6.45, 7) is 5.41. The topological polar surface area (TPSA) is 86.8 Å². The minimum absolute atomic E-state index is 0.0373. The Hall–Kier alpha value is -2.72. The fourth-order valence-corrected chi connectivity index (χ4v) is 6.30. The van der Waals surface area contributed by atoms with E-state index >= 15 is 0 Å². The van der Waals surface area contributed by atoms with E-state index in [9.17, 15) is 18.0 Å². The Morgan fingerprint density at radius 2 is 1.60 bits per heavy atom. The molecule has 0 aromatic heterocycles. The average Bonchev–Trinajstić information content (AvgIpc) is 2.94. The summed E-state index contributed by atoms with van der Waals surface area (Å²) in [5.74, 6) is -0.857. The summed E-state index contributed by atoms with van der Waals surface area (Å²) in [6.07, 6.45) is 2.23. The van der Waals surface area contributed by atoms with Gasteiger partial charge in [-0.3, -0.25) is 13.9 Å². The van der Waals surface area contributed by atoms with Gasteiger partial charge in [0.15, 0.2) is 0 Å². The highest BCUT2D eigenvalue weighted by molar-refractivity contribution is 7.98. The van der Waals surface area contributed by atoms with E-state index in [1.165, 1.54) is 28.8 Å². The predicted molar refractivity (Wildman–Crippen MR) is 164 cm³/mol. The van der Waals surface area contributed by atoms with Crippen LogP contribution in [0.2, 0.25) is 10.0 Å². The molecule has 2 amide bonds. The van der Waals surface area contributed by atoms with Crippen molar-refractivity contribution in [2.24, 2.45) is 0 Å². The molecule has 214 valence electrons. The second-order valence-electron chi connectivity index (χ2n) is 9.11. The lowest BCUT2D eigenvalue weighted by Crippen LogP contribution is -2.52. The number of anilines is 1. The molecule has 1 N–H and O–H groups in total. The molecule has 3 aromatic carbocycles. The van der Waals surface area contributed by atoms with Gasteiger partial charge >= 0.3 is 0 Å². The van der Waals surface area contributed by atoms with E-state index in [0.29, 0.717) is 34.3 Å². The highest BCUT2D eigenvalue weighted by Gasteiger charge is 2.33. The Labute approximate surface area is 250 Å². The van der Waals surface area contributed by atoms with Crippen LogP contribution in [0, 0.1) is 6.92 Å². The van der Waals surface area contributed by atoms with Gasteiger partial charge in [-0.25, -0.2) is 8.42 Å². The molecule has 0 saturated heterocycles. The standard InChI is InChI=1S/C29H33Cl2N3O4S2/c1-5-27(29(36)32-6-2)33(18-21-9-16-25(30)26(31)17-21)28(35)19-34(22-10-7-20(3)8-11-22)40(37,38)24-14-12-23(39-4)13-15-24/h7-17,27H,5-6,18-19H2,1-4H3,(H,32,36)/t27-/m1/s1. The number of likely N-dealkylation sites (N-methyl/N-ethyl adjacent to an activating group) is 1. The second-order valence-corrected chi connectivity index (χ2v) is 12.7. The van der Waals surface area contributed by atoms with E-state index in [1.54, 1.807) is 68.4 Å². The summed E-state index contributed by atoms with van der Waals surface area (Å²) >= 11 is 13.8. The van der Waals surface area contributed by atoms with Gasteiger partial charge < -0.3 is 10.2 Å². The van der Waals surface area contributed by atoms with Gasteiger partial charge in [0.25, 0.3) is 10.0 Å². The zero-order valence-electron chi connectivity index (χ0n) is 22.9. The molecule has 0 aliphatic rings. The average molecular weight is 623 g/mol. The number of carbonyl (C=O) groups excluding carboxylic acids is 2. The van der Waals surface area contributed by atoms with Gasteiger partial charge in [-0.2, -0.15) is 0 Å². The van der Waals surface area contributed by atoms with Crippen molar-refractivity contribution < 1.29 is 18.0 Å². The number of thioether (sulfide) groups is 1. The van der Waals surface area contributed by atoms with Gasteiger partial charge in [0.2, 0.25) is 11.8 Å². The molecular weight excluding hydrogens is 589 g/mol. The predicted octanol–water partition coefficient (Wildman–Crippen LogP) is 6.16. The quantitative estimate of drug-likeness (QED) is 0.245. The van der Waals surface area contributed by atoms with Crippen LogP contribution in [-0.4, -0.2) is 50.5 Å². The van der Waals surface area contributed by atoms with Gasteiger partial charge in [0, 0.05) is 18.0 Å². The molecule has 0 spiro atoms. The van der Waals surface area contributed by atoms with Crippen LogP contribution in [0.4, 0.5) is 5.69 Å². The van der Waals surface area contributed by atoms with Crippen molar-refractivity contribution >= 4 is 62.5 Å². The Morgan fingerprint density at radius 3 is 2.15 bits per heavy atom. The number of hydrogen-bond acceptors (Lipinski definition) is 5. The van der Waals surface area contributed by atoms with Crippen molar-refractivity contribution in [2.75, 3.05) is 23.7 Å². The number of benzene rings is 3. The van der Waals surface area contributed by atoms with Crippen molar-refractivity contribution in [1.29, 1.82) is 0 Å². The van der Waals surface area contributed by atoms with Gasteiger partial charge in [0.05, 0.1) is 20.6 Å². The van der Waals surface area contributed by atoms with Crippen LogP contribution in [0.3, 0.4) is 0 Å². The largest absolute Gasteiger partial charge is 0.355 e. The molecule has 0 bridgehead atoms. The first-order chi connectivity index (χ1) is 19.0. The van der Waals surface area contributed by atoms with E-state index in [-0.39, 0.29) is 17.3 Å². The Kier molecular flexibility index (Phi) is 11.3. The van der Waals surface area contributed by atoms with E-state index < -0.39 is 28.5 Å². The summed E-state index contributed by atoms with van der Waals surface area (Å²) in [6, 6.07) is 17.6. The van der Waals surface area contributed by atoms with Crippen LogP contribution in [0.5, 0.6) is 0 Å². The molecule has 0 aliphatic heterocycles. The summed E-state index contributed by atoms with van der Waals surface area (Å²) in [4.78, 5) is 29.4. The van der Waals surface area contributed by atoms with Gasteiger partial charge in [0.1, 0.15) is 12.6 Å². The van der Waals surface area contributed by atoms with Crippen LogP contribution < -0.4 is 9.62 Å². The molecule has 11 heteroatoms. The molecule has 1 atom stereocenters. The molecule has 0 saturated carbocycles. The van der Waals surface area contributed by atoms with Crippen LogP contribution in [0.15, 0.2) is 76.5 Å². The molecule has 0 aliphatic carbocycles. The van der Waals surface area contributed by atoms with Crippen LogP contribution in [0.25, 0.3) is 0 Å².